The standard InChI is InChI=1S/C16H32N4O3/c1-15(2,3)20(14(22)23-16(4,5)6)11-12(13(17)21)19-9-7-18-8-10-19/h12,18H,7-11H2,1-6H3,(H2,17,21). The SMILES string of the molecule is CC(C)(C)OC(=O)N(CC(C(N)=O)N1CCNCC1)C(C)(C)C. The van der Waals surface area contributed by atoms with Crippen LogP contribution in [0.15, 0.2) is 0 Å². The highest BCUT2D eigenvalue weighted by Crippen LogP contribution is 2.20. The van der Waals surface area contributed by atoms with Crippen molar-refractivity contribution in [1.29, 1.82) is 0 Å². The molecular weight excluding hydrogens is 296 g/mol. The third kappa shape index (κ3) is 6.35. The molecule has 1 aliphatic heterocycles. The lowest BCUT2D eigenvalue weighted by atomic mass is 10.0. The molecule has 134 valence electrons. The van der Waals surface area contributed by atoms with Gasteiger partial charge in [0.15, 0.2) is 0 Å². The number of hydrogen-bond donors (Lipinski definition) is 2. The number of piperazine rings is 1. The first-order valence-electron chi connectivity index (χ1n) is 8.16. The van der Waals surface area contributed by atoms with Crippen molar-refractivity contribution in [3.8, 4) is 0 Å². The van der Waals surface area contributed by atoms with Gasteiger partial charge in [-0.1, -0.05) is 0 Å². The van der Waals surface area contributed by atoms with E-state index in [2.05, 4.69) is 5.32 Å². The minimum absolute atomic E-state index is 0.230. The lowest BCUT2D eigenvalue weighted by molar-refractivity contribution is -0.124. The molecule has 1 rings (SSSR count). The molecule has 23 heavy (non-hydrogen) atoms. The summed E-state index contributed by atoms with van der Waals surface area (Å²) in [7, 11) is 0. The Labute approximate surface area is 139 Å². The summed E-state index contributed by atoms with van der Waals surface area (Å²) in [6.45, 7) is 14.6. The summed E-state index contributed by atoms with van der Waals surface area (Å²) < 4.78 is 5.50. The van der Waals surface area contributed by atoms with Crippen LogP contribution in [0.2, 0.25) is 0 Å². The Morgan fingerprint density at radius 3 is 2.09 bits per heavy atom. The Balaban J connectivity index is 2.92. The fraction of sp³-hybridized carbons (Fsp3) is 0.875. The first kappa shape index (κ1) is 19.7. The molecule has 0 spiro atoms. The van der Waals surface area contributed by atoms with Gasteiger partial charge < -0.3 is 20.7 Å². The van der Waals surface area contributed by atoms with Crippen molar-refractivity contribution in [1.82, 2.24) is 15.1 Å². The number of ether oxygens (including phenoxy) is 1. The molecule has 7 heteroatoms. The number of nitrogens with zero attached hydrogens (tertiary/aromatic N) is 2. The van der Waals surface area contributed by atoms with Crippen LogP contribution in [-0.2, 0) is 9.53 Å². The molecule has 1 aliphatic rings. The lowest BCUT2D eigenvalue weighted by Gasteiger charge is -2.41. The number of carbonyl (C=O) groups is 2. The molecule has 3 N–H and O–H groups in total. The summed E-state index contributed by atoms with van der Waals surface area (Å²) in [4.78, 5) is 28.1. The molecule has 7 nitrogen and oxygen atoms in total. The third-order valence-electron chi connectivity index (χ3n) is 3.70. The van der Waals surface area contributed by atoms with Crippen molar-refractivity contribution in [3.05, 3.63) is 0 Å². The van der Waals surface area contributed by atoms with E-state index in [1.165, 1.54) is 0 Å². The van der Waals surface area contributed by atoms with Crippen LogP contribution in [0.5, 0.6) is 0 Å². The Bertz CT molecular complexity index is 420. The van der Waals surface area contributed by atoms with E-state index in [1.807, 2.05) is 46.4 Å². The maximum atomic E-state index is 12.6. The van der Waals surface area contributed by atoms with E-state index in [9.17, 15) is 9.59 Å². The summed E-state index contributed by atoms with van der Waals surface area (Å²) in [5.41, 5.74) is 4.55. The second kappa shape index (κ2) is 7.49. The molecule has 0 saturated carbocycles. The molecule has 1 heterocycles. The maximum absolute atomic E-state index is 12.6. The topological polar surface area (TPSA) is 87.9 Å². The second-order valence-corrected chi connectivity index (χ2v) is 7.97. The van der Waals surface area contributed by atoms with E-state index in [-0.39, 0.29) is 6.54 Å². The summed E-state index contributed by atoms with van der Waals surface area (Å²) in [6.07, 6.45) is -0.425. The van der Waals surface area contributed by atoms with Gasteiger partial charge in [-0.2, -0.15) is 0 Å². The van der Waals surface area contributed by atoms with E-state index in [0.29, 0.717) is 0 Å². The van der Waals surface area contributed by atoms with Crippen LogP contribution in [0.4, 0.5) is 4.79 Å². The average Bonchev–Trinajstić information content (AvgIpc) is 2.36. The number of primary amides is 1. The summed E-state index contributed by atoms with van der Waals surface area (Å²) in [5.74, 6) is -0.412. The molecule has 1 unspecified atom stereocenters. The van der Waals surface area contributed by atoms with Crippen LogP contribution in [0, 0.1) is 0 Å². The minimum Gasteiger partial charge on any atom is -0.444 e. The van der Waals surface area contributed by atoms with E-state index in [1.54, 1.807) is 4.90 Å². The molecule has 1 atom stereocenters. The summed E-state index contributed by atoms with van der Waals surface area (Å²) in [5, 5.41) is 3.25. The second-order valence-electron chi connectivity index (χ2n) is 7.97. The molecule has 1 saturated heterocycles. The highest BCUT2D eigenvalue weighted by atomic mass is 16.6. The van der Waals surface area contributed by atoms with Gasteiger partial charge in [0, 0.05) is 38.3 Å². The Morgan fingerprint density at radius 1 is 1.17 bits per heavy atom. The number of nitrogens with two attached hydrogens (primary N) is 1. The van der Waals surface area contributed by atoms with Crippen molar-refractivity contribution in [2.45, 2.75) is 58.7 Å². The fourth-order valence-corrected chi connectivity index (χ4v) is 2.49. The summed E-state index contributed by atoms with van der Waals surface area (Å²) >= 11 is 0. The molecule has 1 fully saturated rings. The number of carbonyl (C=O) groups excluding carboxylic acids is 2. The zero-order valence-electron chi connectivity index (χ0n) is 15.3. The van der Waals surface area contributed by atoms with Gasteiger partial charge in [0.25, 0.3) is 0 Å². The molecular formula is C16H32N4O3. The third-order valence-corrected chi connectivity index (χ3v) is 3.70. The number of hydrogen-bond acceptors (Lipinski definition) is 5. The van der Waals surface area contributed by atoms with Gasteiger partial charge in [-0.25, -0.2) is 4.79 Å². The van der Waals surface area contributed by atoms with Crippen LogP contribution in [0.25, 0.3) is 0 Å². The monoisotopic (exact) mass is 328 g/mol. The van der Waals surface area contributed by atoms with Gasteiger partial charge in [-0.05, 0) is 41.5 Å². The Kier molecular flexibility index (Phi) is 6.41. The number of amides is 2. The largest absolute Gasteiger partial charge is 0.444 e. The molecule has 0 aromatic carbocycles. The quantitative estimate of drug-likeness (QED) is 0.796. The van der Waals surface area contributed by atoms with Crippen molar-refractivity contribution < 1.29 is 14.3 Å². The predicted octanol–water partition coefficient (Wildman–Crippen LogP) is 0.781. The van der Waals surface area contributed by atoms with Gasteiger partial charge in [-0.3, -0.25) is 9.69 Å². The zero-order chi connectivity index (χ0) is 17.8. The van der Waals surface area contributed by atoms with E-state index < -0.39 is 29.2 Å². The highest BCUT2D eigenvalue weighted by molar-refractivity contribution is 5.81. The van der Waals surface area contributed by atoms with Crippen molar-refractivity contribution in [2.24, 2.45) is 5.73 Å². The van der Waals surface area contributed by atoms with Gasteiger partial charge >= 0.3 is 6.09 Å². The minimum atomic E-state index is -0.585. The van der Waals surface area contributed by atoms with E-state index in [0.717, 1.165) is 26.2 Å². The highest BCUT2D eigenvalue weighted by Gasteiger charge is 2.36. The molecule has 2 amide bonds. The van der Waals surface area contributed by atoms with E-state index in [4.69, 9.17) is 10.5 Å². The van der Waals surface area contributed by atoms with Crippen molar-refractivity contribution in [2.75, 3.05) is 32.7 Å². The van der Waals surface area contributed by atoms with Crippen molar-refractivity contribution >= 4 is 12.0 Å². The fourth-order valence-electron chi connectivity index (χ4n) is 2.49. The Hall–Kier alpha value is -1.34. The summed E-state index contributed by atoms with van der Waals surface area (Å²) in [6, 6.07) is -0.510. The van der Waals surface area contributed by atoms with Gasteiger partial charge in [0.05, 0.1) is 0 Å². The van der Waals surface area contributed by atoms with Gasteiger partial charge in [0.1, 0.15) is 11.6 Å². The lowest BCUT2D eigenvalue weighted by Crippen LogP contribution is -2.60. The Morgan fingerprint density at radius 2 is 1.70 bits per heavy atom. The molecule has 0 aromatic rings. The van der Waals surface area contributed by atoms with E-state index >= 15 is 0 Å². The zero-order valence-corrected chi connectivity index (χ0v) is 15.3. The van der Waals surface area contributed by atoms with Crippen LogP contribution in [0.3, 0.4) is 0 Å². The number of rotatable bonds is 4. The van der Waals surface area contributed by atoms with Crippen LogP contribution in [-0.4, -0.2) is 71.7 Å². The van der Waals surface area contributed by atoms with Crippen LogP contribution < -0.4 is 11.1 Å². The molecule has 0 bridgehead atoms. The van der Waals surface area contributed by atoms with Gasteiger partial charge in [0.2, 0.25) is 5.91 Å². The average molecular weight is 328 g/mol. The first-order chi connectivity index (χ1) is 10.4. The van der Waals surface area contributed by atoms with Crippen molar-refractivity contribution in [3.63, 3.8) is 0 Å². The van der Waals surface area contributed by atoms with Crippen LogP contribution >= 0.6 is 0 Å². The molecule has 0 aromatic heterocycles. The first-order valence-corrected chi connectivity index (χ1v) is 8.16. The molecule has 0 radical (unpaired) electrons. The normalized spacial score (nSPS) is 18.3. The maximum Gasteiger partial charge on any atom is 0.410 e. The number of nitrogens with one attached hydrogen (secondary N) is 1. The molecule has 0 aliphatic carbocycles. The van der Waals surface area contributed by atoms with Crippen LogP contribution in [0.1, 0.15) is 41.5 Å². The predicted molar refractivity (Wildman–Crippen MR) is 90.1 cm³/mol. The smallest absolute Gasteiger partial charge is 0.410 e. The van der Waals surface area contributed by atoms with Gasteiger partial charge in [-0.15, -0.1) is 0 Å².